The van der Waals surface area contributed by atoms with Gasteiger partial charge in [0.05, 0.1) is 0 Å². The van der Waals surface area contributed by atoms with Crippen molar-refractivity contribution in [3.05, 3.63) is 10.6 Å². The Morgan fingerprint density at radius 3 is 2.73 bits per heavy atom. The lowest BCUT2D eigenvalue weighted by Crippen LogP contribution is -2.16. The summed E-state index contributed by atoms with van der Waals surface area (Å²) in [6.07, 6.45) is 3.85. The largest absolute Gasteiger partial charge is 0.301 e. The summed E-state index contributed by atoms with van der Waals surface area (Å²) in [7, 11) is 0. The summed E-state index contributed by atoms with van der Waals surface area (Å²) >= 11 is 5.28. The van der Waals surface area contributed by atoms with E-state index in [0.717, 1.165) is 22.4 Å². The Hall–Kier alpha value is -0.640. The topological polar surface area (TPSA) is 33.6 Å². The third-order valence-corrected chi connectivity index (χ3v) is 4.21. The lowest BCUT2D eigenvalue weighted by atomic mass is 9.93. The number of nitrogens with one attached hydrogen (secondary N) is 1. The van der Waals surface area contributed by atoms with Gasteiger partial charge in [0.25, 0.3) is 0 Å². The molecule has 1 N–H and O–H groups in total. The normalized spacial score (nSPS) is 31.0. The van der Waals surface area contributed by atoms with E-state index in [4.69, 9.17) is 12.2 Å². The van der Waals surface area contributed by atoms with E-state index >= 15 is 0 Å². The third kappa shape index (κ3) is 1.75. The van der Waals surface area contributed by atoms with Crippen molar-refractivity contribution in [2.24, 2.45) is 11.8 Å². The van der Waals surface area contributed by atoms with Crippen LogP contribution >= 0.6 is 12.2 Å². The molecule has 0 spiro atoms. The van der Waals surface area contributed by atoms with Crippen LogP contribution in [0.3, 0.4) is 0 Å². The number of nitrogens with zero attached hydrogens (tertiary/aromatic N) is 2. The molecule has 0 radical (unpaired) electrons. The Bertz CT molecular complexity index is 393. The molecule has 3 unspecified atom stereocenters. The van der Waals surface area contributed by atoms with Crippen molar-refractivity contribution in [1.82, 2.24) is 14.8 Å². The minimum atomic E-state index is 0.557. The average Bonchev–Trinajstić information content (AvgIpc) is 2.71. The van der Waals surface area contributed by atoms with Gasteiger partial charge in [-0.25, -0.2) is 0 Å². The molecule has 1 saturated carbocycles. The maximum Gasteiger partial charge on any atom is 0.195 e. The summed E-state index contributed by atoms with van der Waals surface area (Å²) < 4.78 is 2.98. The van der Waals surface area contributed by atoms with Gasteiger partial charge in [-0.2, -0.15) is 5.10 Å². The Kier molecular flexibility index (Phi) is 2.96. The van der Waals surface area contributed by atoms with Crippen molar-refractivity contribution in [1.29, 1.82) is 0 Å². The molecule has 15 heavy (non-hydrogen) atoms. The van der Waals surface area contributed by atoms with Crippen molar-refractivity contribution in [3.8, 4) is 0 Å². The molecule has 4 heteroatoms. The van der Waals surface area contributed by atoms with Crippen molar-refractivity contribution in [2.75, 3.05) is 0 Å². The first-order chi connectivity index (χ1) is 7.15. The lowest BCUT2D eigenvalue weighted by molar-refractivity contribution is 0.324. The summed E-state index contributed by atoms with van der Waals surface area (Å²) in [4.78, 5) is 0. The number of aromatic nitrogens is 3. The lowest BCUT2D eigenvalue weighted by Gasteiger charge is -2.21. The van der Waals surface area contributed by atoms with Gasteiger partial charge in [-0.05, 0) is 43.8 Å². The van der Waals surface area contributed by atoms with E-state index < -0.39 is 0 Å². The number of hydrogen-bond acceptors (Lipinski definition) is 2. The van der Waals surface area contributed by atoms with Crippen LogP contribution in [0.1, 0.15) is 45.0 Å². The van der Waals surface area contributed by atoms with Crippen LogP contribution in [0.2, 0.25) is 0 Å². The Morgan fingerprint density at radius 2 is 2.27 bits per heavy atom. The number of hydrogen-bond donors (Lipinski definition) is 1. The monoisotopic (exact) mass is 225 g/mol. The number of rotatable bonds is 2. The van der Waals surface area contributed by atoms with E-state index in [1.54, 1.807) is 0 Å². The Morgan fingerprint density at radius 1 is 1.53 bits per heavy atom. The van der Waals surface area contributed by atoms with Crippen LogP contribution in [-0.2, 0) is 0 Å². The van der Waals surface area contributed by atoms with Crippen molar-refractivity contribution < 1.29 is 0 Å². The van der Waals surface area contributed by atoms with Gasteiger partial charge in [0.1, 0.15) is 5.82 Å². The van der Waals surface area contributed by atoms with Crippen LogP contribution in [0.5, 0.6) is 0 Å². The minimum Gasteiger partial charge on any atom is -0.301 e. The van der Waals surface area contributed by atoms with Gasteiger partial charge in [0, 0.05) is 6.04 Å². The number of H-pyrrole nitrogens is 1. The van der Waals surface area contributed by atoms with Crippen LogP contribution in [0.25, 0.3) is 0 Å². The molecule has 1 aliphatic carbocycles. The zero-order valence-electron chi connectivity index (χ0n) is 9.66. The van der Waals surface area contributed by atoms with Crippen LogP contribution in [0.15, 0.2) is 0 Å². The molecule has 0 amide bonds. The van der Waals surface area contributed by atoms with Crippen molar-refractivity contribution >= 4 is 12.2 Å². The molecule has 1 aliphatic rings. The van der Waals surface area contributed by atoms with Gasteiger partial charge in [0.2, 0.25) is 0 Å². The maximum absolute atomic E-state index is 5.28. The molecule has 0 aliphatic heterocycles. The van der Waals surface area contributed by atoms with Crippen LogP contribution < -0.4 is 0 Å². The van der Waals surface area contributed by atoms with E-state index in [-0.39, 0.29) is 0 Å². The van der Waals surface area contributed by atoms with Crippen LogP contribution in [0.4, 0.5) is 0 Å². The molecule has 1 fully saturated rings. The fourth-order valence-corrected chi connectivity index (χ4v) is 3.25. The fourth-order valence-electron chi connectivity index (χ4n) is 2.94. The van der Waals surface area contributed by atoms with E-state index in [0.29, 0.717) is 6.04 Å². The second-order valence-electron chi connectivity index (χ2n) is 4.62. The SMILES string of the molecule is CCC1CCC(n2c(C)n[nH]c2=S)C1C. The second kappa shape index (κ2) is 4.08. The molecular weight excluding hydrogens is 206 g/mol. The standard InChI is InChI=1S/C11H19N3S/c1-4-9-5-6-10(7(9)2)14-8(3)12-13-11(14)15/h7,9-10H,4-6H2,1-3H3,(H,13,15). The Labute approximate surface area is 95.9 Å². The average molecular weight is 225 g/mol. The van der Waals surface area contributed by atoms with Gasteiger partial charge in [-0.1, -0.05) is 20.3 Å². The van der Waals surface area contributed by atoms with Crippen molar-refractivity contribution in [2.45, 2.75) is 46.1 Å². The first kappa shape index (κ1) is 10.9. The summed E-state index contributed by atoms with van der Waals surface area (Å²) in [5, 5.41) is 7.07. The highest BCUT2D eigenvalue weighted by Crippen LogP contribution is 2.41. The quantitative estimate of drug-likeness (QED) is 0.784. The summed E-state index contributed by atoms with van der Waals surface area (Å²) in [5.74, 6) is 2.60. The molecule has 0 aromatic carbocycles. The molecular formula is C11H19N3S. The fraction of sp³-hybridized carbons (Fsp3) is 0.818. The smallest absolute Gasteiger partial charge is 0.195 e. The van der Waals surface area contributed by atoms with Gasteiger partial charge >= 0.3 is 0 Å². The minimum absolute atomic E-state index is 0.557. The summed E-state index contributed by atoms with van der Waals surface area (Å²) in [6.45, 7) is 6.66. The van der Waals surface area contributed by atoms with Gasteiger partial charge in [0.15, 0.2) is 4.77 Å². The molecule has 1 heterocycles. The van der Waals surface area contributed by atoms with Crippen LogP contribution in [-0.4, -0.2) is 14.8 Å². The number of aryl methyl sites for hydroxylation is 1. The highest BCUT2D eigenvalue weighted by Gasteiger charge is 2.33. The number of aromatic amines is 1. The summed E-state index contributed by atoms with van der Waals surface area (Å²) in [6, 6.07) is 0.557. The molecule has 0 bridgehead atoms. The van der Waals surface area contributed by atoms with E-state index in [2.05, 4.69) is 28.6 Å². The van der Waals surface area contributed by atoms with Gasteiger partial charge < -0.3 is 4.57 Å². The maximum atomic E-state index is 5.28. The molecule has 1 aromatic rings. The van der Waals surface area contributed by atoms with Gasteiger partial charge in [-0.3, -0.25) is 5.10 Å². The zero-order chi connectivity index (χ0) is 11.0. The van der Waals surface area contributed by atoms with E-state index in [1.165, 1.54) is 19.3 Å². The molecule has 84 valence electrons. The molecule has 2 rings (SSSR count). The van der Waals surface area contributed by atoms with E-state index in [1.807, 2.05) is 6.92 Å². The molecule has 3 nitrogen and oxygen atoms in total. The molecule has 1 aromatic heterocycles. The highest BCUT2D eigenvalue weighted by molar-refractivity contribution is 7.71. The second-order valence-corrected chi connectivity index (χ2v) is 5.00. The first-order valence-electron chi connectivity index (χ1n) is 5.78. The third-order valence-electron chi connectivity index (χ3n) is 3.92. The summed E-state index contributed by atoms with van der Waals surface area (Å²) in [5.41, 5.74) is 0. The zero-order valence-corrected chi connectivity index (χ0v) is 10.5. The van der Waals surface area contributed by atoms with E-state index in [9.17, 15) is 0 Å². The van der Waals surface area contributed by atoms with Gasteiger partial charge in [-0.15, -0.1) is 0 Å². The Balaban J connectivity index is 2.30. The molecule has 0 saturated heterocycles. The first-order valence-corrected chi connectivity index (χ1v) is 6.19. The van der Waals surface area contributed by atoms with Crippen LogP contribution in [0, 0.1) is 23.5 Å². The molecule has 3 atom stereocenters. The predicted molar refractivity (Wildman–Crippen MR) is 63.4 cm³/mol. The highest BCUT2D eigenvalue weighted by atomic mass is 32.1. The van der Waals surface area contributed by atoms with Crippen molar-refractivity contribution in [3.63, 3.8) is 0 Å². The predicted octanol–water partition coefficient (Wildman–Crippen LogP) is 3.25.